The number of rotatable bonds is 0. The Hall–Kier alpha value is -1.55. The molecule has 0 fully saturated rings. The van der Waals surface area contributed by atoms with Crippen LogP contribution in [0.3, 0.4) is 0 Å². The van der Waals surface area contributed by atoms with Gasteiger partial charge in [0.05, 0.1) is 21.2 Å². The summed E-state index contributed by atoms with van der Waals surface area (Å²) < 4.78 is 24.8. The number of fused-ring (bicyclic) bond motifs is 1. The number of para-hydroxylation sites is 1. The quantitative estimate of drug-likeness (QED) is 0.709. The Balaban J connectivity index is 2.85. The van der Waals surface area contributed by atoms with Crippen LogP contribution in [0.1, 0.15) is 13.8 Å². The number of hydrogen-bond acceptors (Lipinski definition) is 3. The van der Waals surface area contributed by atoms with Crippen molar-refractivity contribution >= 4 is 15.5 Å². The Labute approximate surface area is 102 Å². The number of benzene rings is 1. The van der Waals surface area contributed by atoms with Crippen molar-refractivity contribution in [1.29, 1.82) is 0 Å². The van der Waals surface area contributed by atoms with Gasteiger partial charge in [-0.25, -0.2) is 8.42 Å². The van der Waals surface area contributed by atoms with Gasteiger partial charge in [0.2, 0.25) is 9.84 Å². The van der Waals surface area contributed by atoms with Crippen molar-refractivity contribution in [2.24, 2.45) is 0 Å². The van der Waals surface area contributed by atoms with Gasteiger partial charge in [-0.2, -0.15) is 0 Å². The monoisotopic (exact) mass is 249 g/mol. The van der Waals surface area contributed by atoms with Crippen LogP contribution in [-0.4, -0.2) is 15.5 Å². The minimum atomic E-state index is -3.38. The van der Waals surface area contributed by atoms with Crippen LogP contribution in [0.4, 0.5) is 5.69 Å². The van der Waals surface area contributed by atoms with Crippen LogP contribution in [0.25, 0.3) is 0 Å². The molecule has 0 radical (unpaired) electrons. The van der Waals surface area contributed by atoms with E-state index in [0.29, 0.717) is 9.80 Å². The first-order valence-electron chi connectivity index (χ1n) is 5.45. The molecular weight excluding hydrogens is 234 g/mol. The van der Waals surface area contributed by atoms with Gasteiger partial charge < -0.3 is 4.90 Å². The highest BCUT2D eigenvalue weighted by Crippen LogP contribution is 2.40. The lowest BCUT2D eigenvalue weighted by Gasteiger charge is -2.31. The van der Waals surface area contributed by atoms with E-state index < -0.39 is 9.84 Å². The third-order valence-corrected chi connectivity index (χ3v) is 4.90. The predicted octanol–water partition coefficient (Wildman–Crippen LogP) is 2.72. The standard InChI is InChI=1S/C13H15NO2S/c1-4-10-12(5-2)17(15,16)13-9-7-6-8-11(13)14(10)3/h4-9H,1-3H3/b10-4+,12-5+. The molecule has 17 heavy (non-hydrogen) atoms. The molecule has 0 bridgehead atoms. The number of anilines is 1. The van der Waals surface area contributed by atoms with Crippen molar-refractivity contribution in [1.82, 2.24) is 0 Å². The summed E-state index contributed by atoms with van der Waals surface area (Å²) in [5.41, 5.74) is 1.46. The van der Waals surface area contributed by atoms with E-state index in [1.165, 1.54) is 0 Å². The Bertz CT molecular complexity index is 612. The molecule has 0 aromatic heterocycles. The maximum atomic E-state index is 12.4. The Morgan fingerprint density at radius 1 is 1.12 bits per heavy atom. The van der Waals surface area contributed by atoms with Crippen LogP contribution >= 0.6 is 0 Å². The van der Waals surface area contributed by atoms with Crippen LogP contribution in [0.5, 0.6) is 0 Å². The van der Waals surface area contributed by atoms with Crippen LogP contribution in [0, 0.1) is 0 Å². The number of hydrogen-bond donors (Lipinski definition) is 0. The smallest absolute Gasteiger partial charge is 0.210 e. The second-order valence-corrected chi connectivity index (χ2v) is 5.74. The third-order valence-electron chi connectivity index (χ3n) is 2.96. The lowest BCUT2D eigenvalue weighted by atomic mass is 10.2. The SMILES string of the molecule is C/C=C1\C(=C/C)S(=O)(=O)c2ccccc2N1C. The number of nitrogens with zero attached hydrogens (tertiary/aromatic N) is 1. The average Bonchev–Trinajstić information content (AvgIpc) is 2.33. The Morgan fingerprint density at radius 3 is 2.35 bits per heavy atom. The molecule has 0 saturated carbocycles. The molecule has 4 heteroatoms. The van der Waals surface area contributed by atoms with Crippen LogP contribution in [0.15, 0.2) is 51.9 Å². The molecule has 0 saturated heterocycles. The fraction of sp³-hybridized carbons (Fsp3) is 0.231. The number of allylic oxidation sites excluding steroid dienone is 2. The zero-order valence-electron chi connectivity index (χ0n) is 10.1. The topological polar surface area (TPSA) is 37.4 Å². The molecule has 0 unspecified atom stereocenters. The molecule has 1 aromatic rings. The summed E-state index contributed by atoms with van der Waals surface area (Å²) in [5.74, 6) is 0. The molecule has 2 rings (SSSR count). The molecule has 1 heterocycles. The van der Waals surface area contributed by atoms with Gasteiger partial charge in [0.1, 0.15) is 0 Å². The summed E-state index contributed by atoms with van der Waals surface area (Å²) in [4.78, 5) is 2.66. The van der Waals surface area contributed by atoms with Crippen molar-refractivity contribution in [2.45, 2.75) is 18.7 Å². The summed E-state index contributed by atoms with van der Waals surface area (Å²) in [6.45, 7) is 3.59. The van der Waals surface area contributed by atoms with Gasteiger partial charge in [-0.15, -0.1) is 0 Å². The van der Waals surface area contributed by atoms with E-state index in [0.717, 1.165) is 11.4 Å². The zero-order valence-corrected chi connectivity index (χ0v) is 11.0. The minimum absolute atomic E-state index is 0.376. The summed E-state index contributed by atoms with van der Waals surface area (Å²) >= 11 is 0. The molecule has 90 valence electrons. The number of sulfone groups is 1. The second-order valence-electron chi connectivity index (χ2n) is 3.86. The first kappa shape index (κ1) is 11.9. The van der Waals surface area contributed by atoms with Crippen LogP contribution < -0.4 is 4.90 Å². The normalized spacial score (nSPS) is 22.9. The average molecular weight is 249 g/mol. The van der Waals surface area contributed by atoms with E-state index in [4.69, 9.17) is 0 Å². The van der Waals surface area contributed by atoms with Crippen molar-refractivity contribution in [3.05, 3.63) is 47.0 Å². The zero-order chi connectivity index (χ0) is 12.6. The maximum absolute atomic E-state index is 12.4. The van der Waals surface area contributed by atoms with Crippen molar-refractivity contribution < 1.29 is 8.42 Å². The summed E-state index contributed by atoms with van der Waals surface area (Å²) in [6, 6.07) is 7.07. The lowest BCUT2D eigenvalue weighted by Crippen LogP contribution is -2.28. The molecule has 1 aliphatic rings. The molecule has 0 amide bonds. The van der Waals surface area contributed by atoms with Gasteiger partial charge in [0, 0.05) is 7.05 Å². The van der Waals surface area contributed by atoms with E-state index in [2.05, 4.69) is 0 Å². The minimum Gasteiger partial charge on any atom is -0.343 e. The maximum Gasteiger partial charge on any atom is 0.210 e. The lowest BCUT2D eigenvalue weighted by molar-refractivity contribution is 0.600. The van der Waals surface area contributed by atoms with Gasteiger partial charge >= 0.3 is 0 Å². The predicted molar refractivity (Wildman–Crippen MR) is 69.5 cm³/mol. The molecule has 0 atom stereocenters. The highest BCUT2D eigenvalue weighted by atomic mass is 32.2. The van der Waals surface area contributed by atoms with E-state index >= 15 is 0 Å². The van der Waals surface area contributed by atoms with Crippen molar-refractivity contribution in [3.8, 4) is 0 Å². The Morgan fingerprint density at radius 2 is 1.76 bits per heavy atom. The molecule has 0 N–H and O–H groups in total. The molecule has 0 spiro atoms. The summed E-state index contributed by atoms with van der Waals surface area (Å²) in [5, 5.41) is 0. The first-order valence-corrected chi connectivity index (χ1v) is 6.93. The largest absolute Gasteiger partial charge is 0.343 e. The second kappa shape index (κ2) is 4.04. The molecule has 1 aliphatic heterocycles. The van der Waals surface area contributed by atoms with Crippen LogP contribution in [-0.2, 0) is 9.84 Å². The summed E-state index contributed by atoms with van der Waals surface area (Å²) in [7, 11) is -1.49. The van der Waals surface area contributed by atoms with E-state index in [1.54, 1.807) is 25.1 Å². The van der Waals surface area contributed by atoms with E-state index in [1.807, 2.05) is 37.1 Å². The highest BCUT2D eigenvalue weighted by molar-refractivity contribution is 7.95. The van der Waals surface area contributed by atoms with E-state index in [-0.39, 0.29) is 0 Å². The highest BCUT2D eigenvalue weighted by Gasteiger charge is 2.33. The van der Waals surface area contributed by atoms with Gasteiger partial charge in [-0.3, -0.25) is 0 Å². The number of likely N-dealkylation sites (N-methyl/N-ethyl adjacent to an activating group) is 1. The first-order chi connectivity index (χ1) is 8.04. The fourth-order valence-electron chi connectivity index (χ4n) is 2.15. The summed E-state index contributed by atoms with van der Waals surface area (Å²) in [6.07, 6.45) is 3.47. The fourth-order valence-corrected chi connectivity index (χ4v) is 3.97. The van der Waals surface area contributed by atoms with Crippen molar-refractivity contribution in [2.75, 3.05) is 11.9 Å². The van der Waals surface area contributed by atoms with E-state index in [9.17, 15) is 8.42 Å². The molecule has 0 aliphatic carbocycles. The Kier molecular flexibility index (Phi) is 2.83. The molecular formula is C13H15NO2S. The third kappa shape index (κ3) is 1.60. The van der Waals surface area contributed by atoms with Crippen molar-refractivity contribution in [3.63, 3.8) is 0 Å². The van der Waals surface area contributed by atoms with Crippen LogP contribution in [0.2, 0.25) is 0 Å². The van der Waals surface area contributed by atoms with Gasteiger partial charge in [0.15, 0.2) is 0 Å². The van der Waals surface area contributed by atoms with Gasteiger partial charge in [-0.1, -0.05) is 24.3 Å². The molecule has 3 nitrogen and oxygen atoms in total. The van der Waals surface area contributed by atoms with Gasteiger partial charge in [0.25, 0.3) is 0 Å². The molecule has 1 aromatic carbocycles. The van der Waals surface area contributed by atoms with Gasteiger partial charge in [-0.05, 0) is 26.0 Å².